The highest BCUT2D eigenvalue weighted by Crippen LogP contribution is 2.25. The van der Waals surface area contributed by atoms with Crippen molar-refractivity contribution in [2.24, 2.45) is 0 Å². The summed E-state index contributed by atoms with van der Waals surface area (Å²) in [6, 6.07) is 0.710. The molecule has 2 fully saturated rings. The molecule has 2 aliphatic rings. The zero-order chi connectivity index (χ0) is 12.4. The van der Waals surface area contributed by atoms with Gasteiger partial charge in [-0.25, -0.2) is 0 Å². The molecule has 1 heterocycles. The maximum atomic E-state index is 12.0. The fourth-order valence-electron chi connectivity index (χ4n) is 2.16. The third kappa shape index (κ3) is 3.18. The van der Waals surface area contributed by atoms with Crippen LogP contribution in [0.3, 0.4) is 0 Å². The molecule has 98 valence electrons. The van der Waals surface area contributed by atoms with E-state index < -0.39 is 0 Å². The summed E-state index contributed by atoms with van der Waals surface area (Å²) >= 11 is 0. The van der Waals surface area contributed by atoms with Crippen LogP contribution in [0, 0.1) is 0 Å². The van der Waals surface area contributed by atoms with Gasteiger partial charge >= 0.3 is 0 Å². The molecular formula is C12H22N2O3. The van der Waals surface area contributed by atoms with E-state index in [0.29, 0.717) is 25.7 Å². The van der Waals surface area contributed by atoms with Gasteiger partial charge in [-0.05, 0) is 19.8 Å². The quantitative estimate of drug-likeness (QED) is 0.734. The molecule has 0 aromatic carbocycles. The molecule has 1 saturated carbocycles. The SMILES string of the molecule is CC1COC(CO)CN1CC(=O)N(C)C1CC1. The van der Waals surface area contributed by atoms with Gasteiger partial charge in [-0.1, -0.05) is 0 Å². The number of ether oxygens (including phenoxy) is 1. The number of likely N-dealkylation sites (N-methyl/N-ethyl adjacent to an activating group) is 1. The highest BCUT2D eigenvalue weighted by Gasteiger charge is 2.32. The average Bonchev–Trinajstić information content (AvgIpc) is 3.15. The molecule has 1 aliphatic carbocycles. The topological polar surface area (TPSA) is 53.0 Å². The lowest BCUT2D eigenvalue weighted by Gasteiger charge is -2.37. The lowest BCUT2D eigenvalue weighted by molar-refractivity contribution is -0.136. The van der Waals surface area contributed by atoms with E-state index in [4.69, 9.17) is 9.84 Å². The normalized spacial score (nSPS) is 30.3. The monoisotopic (exact) mass is 242 g/mol. The first kappa shape index (κ1) is 12.8. The van der Waals surface area contributed by atoms with Crippen molar-refractivity contribution in [3.05, 3.63) is 0 Å². The summed E-state index contributed by atoms with van der Waals surface area (Å²) < 4.78 is 5.45. The van der Waals surface area contributed by atoms with Gasteiger partial charge < -0.3 is 14.7 Å². The molecule has 2 atom stereocenters. The van der Waals surface area contributed by atoms with Gasteiger partial charge in [0.15, 0.2) is 0 Å². The number of hydrogen-bond donors (Lipinski definition) is 1. The van der Waals surface area contributed by atoms with Crippen LogP contribution in [0.4, 0.5) is 0 Å². The first-order valence-corrected chi connectivity index (χ1v) is 6.34. The zero-order valence-electron chi connectivity index (χ0n) is 10.6. The molecule has 0 spiro atoms. The Kier molecular flexibility index (Phi) is 4.01. The lowest BCUT2D eigenvalue weighted by Crippen LogP contribution is -2.52. The van der Waals surface area contributed by atoms with Crippen LogP contribution in [0.2, 0.25) is 0 Å². The van der Waals surface area contributed by atoms with Crippen molar-refractivity contribution < 1.29 is 14.6 Å². The third-order valence-corrected chi connectivity index (χ3v) is 3.66. The van der Waals surface area contributed by atoms with E-state index in [2.05, 4.69) is 11.8 Å². The Morgan fingerprint density at radius 3 is 2.82 bits per heavy atom. The van der Waals surface area contributed by atoms with E-state index in [1.165, 1.54) is 0 Å². The minimum Gasteiger partial charge on any atom is -0.394 e. The molecule has 1 saturated heterocycles. The van der Waals surface area contributed by atoms with E-state index in [0.717, 1.165) is 12.8 Å². The summed E-state index contributed by atoms with van der Waals surface area (Å²) in [4.78, 5) is 16.0. The van der Waals surface area contributed by atoms with Crippen molar-refractivity contribution in [2.75, 3.05) is 33.4 Å². The number of carbonyl (C=O) groups excluding carboxylic acids is 1. The van der Waals surface area contributed by atoms with E-state index >= 15 is 0 Å². The first-order valence-electron chi connectivity index (χ1n) is 6.34. The van der Waals surface area contributed by atoms with Crippen LogP contribution in [-0.4, -0.2) is 72.4 Å². The van der Waals surface area contributed by atoms with E-state index in [1.54, 1.807) is 0 Å². The van der Waals surface area contributed by atoms with Crippen LogP contribution in [0.25, 0.3) is 0 Å². The van der Waals surface area contributed by atoms with Gasteiger partial charge in [0, 0.05) is 25.7 Å². The molecule has 17 heavy (non-hydrogen) atoms. The highest BCUT2D eigenvalue weighted by atomic mass is 16.5. The Hall–Kier alpha value is -0.650. The average molecular weight is 242 g/mol. The molecule has 5 heteroatoms. The van der Waals surface area contributed by atoms with Gasteiger partial charge in [0.1, 0.15) is 0 Å². The Morgan fingerprint density at radius 2 is 2.24 bits per heavy atom. The molecule has 0 aromatic heterocycles. The van der Waals surface area contributed by atoms with E-state index in [9.17, 15) is 4.79 Å². The van der Waals surface area contributed by atoms with Crippen molar-refractivity contribution in [3.8, 4) is 0 Å². The summed E-state index contributed by atoms with van der Waals surface area (Å²) in [6.45, 7) is 3.75. The van der Waals surface area contributed by atoms with Gasteiger partial charge in [-0.3, -0.25) is 9.69 Å². The van der Waals surface area contributed by atoms with Crippen molar-refractivity contribution in [3.63, 3.8) is 0 Å². The van der Waals surface area contributed by atoms with Crippen molar-refractivity contribution >= 4 is 5.91 Å². The van der Waals surface area contributed by atoms with Gasteiger partial charge in [-0.2, -0.15) is 0 Å². The molecule has 1 N–H and O–H groups in total. The maximum Gasteiger partial charge on any atom is 0.236 e. The predicted molar refractivity (Wildman–Crippen MR) is 63.7 cm³/mol. The molecular weight excluding hydrogens is 220 g/mol. The summed E-state index contributed by atoms with van der Waals surface area (Å²) in [6.07, 6.45) is 2.13. The zero-order valence-corrected chi connectivity index (χ0v) is 10.6. The standard InChI is InChI=1S/C12H22N2O3/c1-9-8-17-11(7-15)5-14(9)6-12(16)13(2)10-3-4-10/h9-11,15H,3-8H2,1-2H3. The van der Waals surface area contributed by atoms with Gasteiger partial charge in [0.05, 0.1) is 25.9 Å². The summed E-state index contributed by atoms with van der Waals surface area (Å²) in [7, 11) is 1.88. The Balaban J connectivity index is 1.85. The predicted octanol–water partition coefficient (Wildman–Crippen LogP) is -0.311. The molecule has 0 bridgehead atoms. The minimum absolute atomic E-state index is 0.0237. The second kappa shape index (κ2) is 5.33. The molecule has 1 amide bonds. The molecule has 5 nitrogen and oxygen atoms in total. The first-order chi connectivity index (χ1) is 8.11. The lowest BCUT2D eigenvalue weighted by atomic mass is 10.2. The largest absolute Gasteiger partial charge is 0.394 e. The smallest absolute Gasteiger partial charge is 0.236 e. The van der Waals surface area contributed by atoms with E-state index in [-0.39, 0.29) is 24.7 Å². The molecule has 0 radical (unpaired) electrons. The molecule has 1 aliphatic heterocycles. The van der Waals surface area contributed by atoms with Crippen LogP contribution in [0.15, 0.2) is 0 Å². The summed E-state index contributed by atoms with van der Waals surface area (Å²) in [5, 5.41) is 9.09. The second-order valence-corrected chi connectivity index (χ2v) is 5.15. The summed E-state index contributed by atoms with van der Waals surface area (Å²) in [5.41, 5.74) is 0. The third-order valence-electron chi connectivity index (χ3n) is 3.66. The van der Waals surface area contributed by atoms with Gasteiger partial charge in [-0.15, -0.1) is 0 Å². The number of aliphatic hydroxyl groups excluding tert-OH is 1. The fourth-order valence-corrected chi connectivity index (χ4v) is 2.16. The number of carbonyl (C=O) groups is 1. The van der Waals surface area contributed by atoms with Crippen molar-refractivity contribution in [1.29, 1.82) is 0 Å². The van der Waals surface area contributed by atoms with Gasteiger partial charge in [0.25, 0.3) is 0 Å². The maximum absolute atomic E-state index is 12.0. The van der Waals surface area contributed by atoms with Crippen molar-refractivity contribution in [2.45, 2.75) is 38.0 Å². The number of aliphatic hydroxyl groups is 1. The van der Waals surface area contributed by atoms with Crippen LogP contribution in [-0.2, 0) is 9.53 Å². The molecule has 2 rings (SSSR count). The Morgan fingerprint density at radius 1 is 1.53 bits per heavy atom. The van der Waals surface area contributed by atoms with Crippen LogP contribution in [0.1, 0.15) is 19.8 Å². The molecule has 0 aromatic rings. The van der Waals surface area contributed by atoms with Crippen LogP contribution >= 0.6 is 0 Å². The number of hydrogen-bond acceptors (Lipinski definition) is 4. The highest BCUT2D eigenvalue weighted by molar-refractivity contribution is 5.78. The Bertz CT molecular complexity index is 281. The Labute approximate surface area is 102 Å². The number of rotatable bonds is 4. The second-order valence-electron chi connectivity index (χ2n) is 5.15. The fraction of sp³-hybridized carbons (Fsp3) is 0.917. The van der Waals surface area contributed by atoms with Crippen molar-refractivity contribution in [1.82, 2.24) is 9.80 Å². The number of nitrogens with zero attached hydrogens (tertiary/aromatic N) is 2. The van der Waals surface area contributed by atoms with Crippen LogP contribution < -0.4 is 0 Å². The van der Waals surface area contributed by atoms with Gasteiger partial charge in [0.2, 0.25) is 5.91 Å². The number of amides is 1. The molecule has 2 unspecified atom stereocenters. The minimum atomic E-state index is -0.148. The summed E-state index contributed by atoms with van der Waals surface area (Å²) in [5.74, 6) is 0.179. The van der Waals surface area contributed by atoms with E-state index in [1.807, 2.05) is 11.9 Å². The number of morpholine rings is 1. The van der Waals surface area contributed by atoms with Crippen LogP contribution in [0.5, 0.6) is 0 Å².